The molecule has 13 nitrogen and oxygen atoms in total. The highest BCUT2D eigenvalue weighted by Crippen LogP contribution is 2.34. The zero-order chi connectivity index (χ0) is 36.4. The SMILES string of the molecule is C=CCNC(=O)C(=O)C(CC1CCC1)NC(=O)C1C[C@@H](OC(=O)NCC)CN1C(=C)C(NC(=O)NC(CN(C)C)C(C)(C)C)C(C)(C)C. The van der Waals surface area contributed by atoms with E-state index in [9.17, 15) is 24.0 Å². The molecule has 272 valence electrons. The second-order valence-corrected chi connectivity index (χ2v) is 15.5. The second kappa shape index (κ2) is 17.7. The summed E-state index contributed by atoms with van der Waals surface area (Å²) >= 11 is 0. The van der Waals surface area contributed by atoms with Crippen LogP contribution in [-0.2, 0) is 19.1 Å². The number of nitrogens with one attached hydrogen (secondary N) is 5. The van der Waals surface area contributed by atoms with Crippen molar-refractivity contribution in [2.45, 2.75) is 111 Å². The third-order valence-electron chi connectivity index (χ3n) is 8.96. The molecule has 4 unspecified atom stereocenters. The Kier molecular flexibility index (Phi) is 14.9. The van der Waals surface area contributed by atoms with E-state index in [0.717, 1.165) is 19.3 Å². The first kappa shape index (κ1) is 40.6. The normalized spacial score (nSPS) is 20.1. The summed E-state index contributed by atoms with van der Waals surface area (Å²) in [5, 5.41) is 14.2. The Balaban J connectivity index is 2.38. The molecule has 5 N–H and O–H groups in total. The first-order valence-corrected chi connectivity index (χ1v) is 17.1. The van der Waals surface area contributed by atoms with Crippen LogP contribution in [0.1, 0.15) is 80.6 Å². The number of likely N-dealkylation sites (N-methyl/N-ethyl adjacent to an activating group) is 1. The summed E-state index contributed by atoms with van der Waals surface area (Å²) in [5.74, 6) is -1.75. The van der Waals surface area contributed by atoms with Gasteiger partial charge in [0.05, 0.1) is 18.6 Å². The van der Waals surface area contributed by atoms with Crippen molar-refractivity contribution >= 4 is 29.7 Å². The minimum Gasteiger partial charge on any atom is -0.444 e. The standard InChI is InChI=1S/C35H61N7O6/c1-12-17-37-31(45)28(43)25(18-23-15-14-16-23)38-30(44)26-19-24(48-33(47)36-13-2)20-42(26)22(3)29(35(7,8)9)40-32(46)39-27(21-41(10)11)34(4,5)6/h12,23-27,29H,1,3,13-21H2,2,4-11H3,(H,36,47)(H,37,45)(H,38,44)(H2,39,40,46)/t24-,25?,26?,27?,29?/m1/s1. The summed E-state index contributed by atoms with van der Waals surface area (Å²) in [6, 6.07) is -3.04. The van der Waals surface area contributed by atoms with Crippen LogP contribution in [0.15, 0.2) is 24.9 Å². The highest BCUT2D eigenvalue weighted by Gasteiger charge is 2.44. The molecular weight excluding hydrogens is 614 g/mol. The van der Waals surface area contributed by atoms with E-state index < -0.39 is 53.3 Å². The van der Waals surface area contributed by atoms with Crippen molar-refractivity contribution < 1.29 is 28.7 Å². The number of carbonyl (C=O) groups excluding carboxylic acids is 5. The molecule has 0 aromatic heterocycles. The molecule has 0 bridgehead atoms. The molecule has 1 aliphatic heterocycles. The Morgan fingerprint density at radius 1 is 0.979 bits per heavy atom. The molecule has 13 heteroatoms. The van der Waals surface area contributed by atoms with Gasteiger partial charge in [0.15, 0.2) is 0 Å². The molecule has 0 radical (unpaired) electrons. The smallest absolute Gasteiger partial charge is 0.407 e. The van der Waals surface area contributed by atoms with Crippen molar-refractivity contribution in [2.75, 3.05) is 40.3 Å². The Labute approximate surface area is 287 Å². The predicted octanol–water partition coefficient (Wildman–Crippen LogP) is 2.93. The molecule has 0 spiro atoms. The van der Waals surface area contributed by atoms with Gasteiger partial charge in [0.25, 0.3) is 5.91 Å². The Morgan fingerprint density at radius 2 is 1.62 bits per heavy atom. The van der Waals surface area contributed by atoms with Gasteiger partial charge in [-0.15, -0.1) is 6.58 Å². The van der Waals surface area contributed by atoms with Crippen molar-refractivity contribution in [3.63, 3.8) is 0 Å². The van der Waals surface area contributed by atoms with E-state index in [0.29, 0.717) is 25.2 Å². The molecule has 1 heterocycles. The molecule has 48 heavy (non-hydrogen) atoms. The summed E-state index contributed by atoms with van der Waals surface area (Å²) in [5.41, 5.74) is -0.280. The van der Waals surface area contributed by atoms with E-state index in [-0.39, 0.29) is 42.9 Å². The Hall–Kier alpha value is -3.61. The third kappa shape index (κ3) is 12.1. The number of amides is 5. The molecule has 2 rings (SSSR count). The van der Waals surface area contributed by atoms with Gasteiger partial charge in [-0.05, 0) is 44.2 Å². The van der Waals surface area contributed by atoms with Crippen LogP contribution in [-0.4, -0.2) is 110 Å². The highest BCUT2D eigenvalue weighted by molar-refractivity contribution is 6.38. The lowest BCUT2D eigenvalue weighted by molar-refractivity contribution is -0.140. The van der Waals surface area contributed by atoms with E-state index in [1.807, 2.05) is 39.8 Å². The number of rotatable bonds is 16. The van der Waals surface area contributed by atoms with Crippen molar-refractivity contribution in [3.05, 3.63) is 24.9 Å². The minimum atomic E-state index is -1.01. The molecule has 5 amide bonds. The monoisotopic (exact) mass is 675 g/mol. The van der Waals surface area contributed by atoms with Crippen LogP contribution < -0.4 is 26.6 Å². The van der Waals surface area contributed by atoms with Gasteiger partial charge < -0.3 is 41.1 Å². The maximum Gasteiger partial charge on any atom is 0.407 e. The van der Waals surface area contributed by atoms with Gasteiger partial charge in [-0.3, -0.25) is 14.4 Å². The van der Waals surface area contributed by atoms with E-state index in [2.05, 4.69) is 60.5 Å². The summed E-state index contributed by atoms with van der Waals surface area (Å²) in [6.45, 7) is 23.1. The molecule has 0 aromatic rings. The third-order valence-corrected chi connectivity index (χ3v) is 8.96. The number of ketones is 1. The fraction of sp³-hybridized carbons (Fsp3) is 0.743. The maximum atomic E-state index is 14.1. The fourth-order valence-corrected chi connectivity index (χ4v) is 5.96. The first-order chi connectivity index (χ1) is 22.3. The van der Waals surface area contributed by atoms with Gasteiger partial charge in [-0.25, -0.2) is 9.59 Å². The van der Waals surface area contributed by atoms with Crippen LogP contribution in [0.2, 0.25) is 0 Å². The number of urea groups is 1. The number of nitrogens with zero attached hydrogens (tertiary/aromatic N) is 2. The van der Waals surface area contributed by atoms with Gasteiger partial charge in [0.2, 0.25) is 11.7 Å². The molecule has 5 atom stereocenters. The number of ether oxygens (including phenoxy) is 1. The quantitative estimate of drug-likeness (QED) is 0.123. The lowest BCUT2D eigenvalue weighted by atomic mass is 9.80. The molecule has 1 saturated heterocycles. The zero-order valence-corrected chi connectivity index (χ0v) is 30.7. The highest BCUT2D eigenvalue weighted by atomic mass is 16.6. The average Bonchev–Trinajstić information content (AvgIpc) is 3.37. The number of carbonyl (C=O) groups is 5. The van der Waals surface area contributed by atoms with E-state index in [1.165, 1.54) is 6.08 Å². The summed E-state index contributed by atoms with van der Waals surface area (Å²) in [4.78, 5) is 69.6. The average molecular weight is 676 g/mol. The first-order valence-electron chi connectivity index (χ1n) is 17.1. The second-order valence-electron chi connectivity index (χ2n) is 15.5. The summed E-state index contributed by atoms with van der Waals surface area (Å²) in [6.07, 6.45) is 3.58. The number of alkyl carbamates (subject to hydrolysis) is 1. The number of Topliss-reactive ketones (excluding diaryl/α,β-unsaturated/α-hetero) is 1. The van der Waals surface area contributed by atoms with Crippen molar-refractivity contribution in [3.8, 4) is 0 Å². The number of hydrogen-bond donors (Lipinski definition) is 5. The van der Waals surface area contributed by atoms with Crippen LogP contribution in [0.4, 0.5) is 9.59 Å². The van der Waals surface area contributed by atoms with Crippen molar-refractivity contribution in [1.29, 1.82) is 0 Å². The minimum absolute atomic E-state index is 0.129. The molecule has 1 saturated carbocycles. The topological polar surface area (TPSA) is 161 Å². The number of hydrogen-bond acceptors (Lipinski definition) is 8. The molecule has 1 aliphatic carbocycles. The van der Waals surface area contributed by atoms with Gasteiger partial charge in [-0.2, -0.15) is 0 Å². The Morgan fingerprint density at radius 3 is 2.12 bits per heavy atom. The van der Waals surface area contributed by atoms with Gasteiger partial charge >= 0.3 is 12.1 Å². The molecule has 2 fully saturated rings. The van der Waals surface area contributed by atoms with Crippen LogP contribution in [0.5, 0.6) is 0 Å². The lowest BCUT2D eigenvalue weighted by Crippen LogP contribution is -2.58. The fourth-order valence-electron chi connectivity index (χ4n) is 5.96. The van der Waals surface area contributed by atoms with Gasteiger partial charge in [0, 0.05) is 37.8 Å². The van der Waals surface area contributed by atoms with Crippen molar-refractivity contribution in [2.24, 2.45) is 16.7 Å². The molecule has 2 aliphatic rings. The predicted molar refractivity (Wildman–Crippen MR) is 187 cm³/mol. The molecular formula is C35H61N7O6. The lowest BCUT2D eigenvalue weighted by Gasteiger charge is -2.40. The largest absolute Gasteiger partial charge is 0.444 e. The van der Waals surface area contributed by atoms with Gasteiger partial charge in [-0.1, -0.05) is 73.5 Å². The van der Waals surface area contributed by atoms with Crippen LogP contribution in [0, 0.1) is 16.7 Å². The van der Waals surface area contributed by atoms with E-state index in [1.54, 1.807) is 11.8 Å². The van der Waals surface area contributed by atoms with Crippen LogP contribution in [0.25, 0.3) is 0 Å². The van der Waals surface area contributed by atoms with Crippen molar-refractivity contribution in [1.82, 2.24) is 36.4 Å². The Bertz CT molecular complexity index is 1170. The molecule has 0 aromatic carbocycles. The van der Waals surface area contributed by atoms with Gasteiger partial charge in [0.1, 0.15) is 12.1 Å². The van der Waals surface area contributed by atoms with Crippen LogP contribution >= 0.6 is 0 Å². The van der Waals surface area contributed by atoms with E-state index in [4.69, 9.17) is 4.74 Å². The summed E-state index contributed by atoms with van der Waals surface area (Å²) < 4.78 is 5.65. The maximum absolute atomic E-state index is 14.1. The summed E-state index contributed by atoms with van der Waals surface area (Å²) in [7, 11) is 3.90. The number of likely N-dealkylation sites (tertiary alicyclic amines) is 1. The zero-order valence-electron chi connectivity index (χ0n) is 30.7. The van der Waals surface area contributed by atoms with E-state index >= 15 is 0 Å². The van der Waals surface area contributed by atoms with Crippen LogP contribution in [0.3, 0.4) is 0 Å².